The molecular formula is C15H17N3OS. The summed E-state index contributed by atoms with van der Waals surface area (Å²) in [6.07, 6.45) is 4.26. The first-order valence-corrected chi connectivity index (χ1v) is 7.93. The highest BCUT2D eigenvalue weighted by molar-refractivity contribution is 7.13. The highest BCUT2D eigenvalue weighted by Crippen LogP contribution is 2.27. The molecule has 1 amide bonds. The van der Waals surface area contributed by atoms with Gasteiger partial charge in [-0.25, -0.2) is 0 Å². The van der Waals surface area contributed by atoms with Gasteiger partial charge in [0.15, 0.2) is 0 Å². The number of benzene rings is 1. The maximum atomic E-state index is 12.4. The van der Waals surface area contributed by atoms with Gasteiger partial charge in [0.2, 0.25) is 0 Å². The molecule has 2 aliphatic heterocycles. The van der Waals surface area contributed by atoms with E-state index in [0.29, 0.717) is 6.04 Å². The number of carbonyl (C=O) groups excluding carboxylic acids is 1. The minimum atomic E-state index is 0.0489. The molecule has 0 spiro atoms. The van der Waals surface area contributed by atoms with Crippen LogP contribution < -0.4 is 5.32 Å². The third kappa shape index (κ3) is 2.21. The molecule has 1 aromatic heterocycles. The number of aromatic nitrogens is 1. The van der Waals surface area contributed by atoms with Gasteiger partial charge < -0.3 is 10.2 Å². The van der Waals surface area contributed by atoms with Crippen LogP contribution in [0.3, 0.4) is 0 Å². The summed E-state index contributed by atoms with van der Waals surface area (Å²) in [6.45, 7) is 3.42. The second-order valence-electron chi connectivity index (χ2n) is 5.90. The molecular weight excluding hydrogens is 270 g/mol. The Morgan fingerprint density at radius 1 is 1.40 bits per heavy atom. The van der Waals surface area contributed by atoms with Gasteiger partial charge in [0.05, 0.1) is 4.70 Å². The maximum Gasteiger partial charge on any atom is 0.251 e. The Morgan fingerprint density at radius 2 is 2.35 bits per heavy atom. The van der Waals surface area contributed by atoms with Crippen molar-refractivity contribution in [2.24, 2.45) is 5.92 Å². The first-order valence-electron chi connectivity index (χ1n) is 7.15. The SMILES string of the molecule is O=C(N[C@@H]1C[C@H]2CCN(C2)C1)c1ccc2cnsc2c1. The Labute approximate surface area is 121 Å². The van der Waals surface area contributed by atoms with Gasteiger partial charge in [0.1, 0.15) is 0 Å². The summed E-state index contributed by atoms with van der Waals surface area (Å²) < 4.78 is 5.22. The van der Waals surface area contributed by atoms with Crippen LogP contribution >= 0.6 is 11.5 Å². The highest BCUT2D eigenvalue weighted by Gasteiger charge is 2.32. The Morgan fingerprint density at radius 3 is 3.25 bits per heavy atom. The number of fused-ring (bicyclic) bond motifs is 3. The van der Waals surface area contributed by atoms with Gasteiger partial charge in [0, 0.05) is 36.3 Å². The molecule has 2 fully saturated rings. The predicted molar refractivity (Wildman–Crippen MR) is 80.0 cm³/mol. The van der Waals surface area contributed by atoms with E-state index in [9.17, 15) is 4.79 Å². The molecule has 4 rings (SSSR count). The summed E-state index contributed by atoms with van der Waals surface area (Å²) in [5.74, 6) is 0.825. The summed E-state index contributed by atoms with van der Waals surface area (Å²) in [7, 11) is 0. The molecule has 20 heavy (non-hydrogen) atoms. The molecule has 3 heterocycles. The van der Waals surface area contributed by atoms with Gasteiger partial charge in [-0.05, 0) is 49.0 Å². The molecule has 1 N–H and O–H groups in total. The fourth-order valence-corrected chi connectivity index (χ4v) is 4.12. The molecule has 5 heteroatoms. The van der Waals surface area contributed by atoms with Gasteiger partial charge in [-0.3, -0.25) is 4.79 Å². The number of piperidine rings is 1. The van der Waals surface area contributed by atoms with E-state index in [1.807, 2.05) is 24.4 Å². The Hall–Kier alpha value is -1.46. The molecule has 2 aliphatic rings. The van der Waals surface area contributed by atoms with Gasteiger partial charge in [0.25, 0.3) is 5.91 Å². The number of hydrogen-bond donors (Lipinski definition) is 1. The first-order chi connectivity index (χ1) is 9.78. The average Bonchev–Trinajstić information content (AvgIpc) is 3.04. The number of amides is 1. The predicted octanol–water partition coefficient (Wildman–Crippen LogP) is 2.12. The van der Waals surface area contributed by atoms with Crippen molar-refractivity contribution in [2.45, 2.75) is 18.9 Å². The van der Waals surface area contributed by atoms with Crippen LogP contribution in [0.1, 0.15) is 23.2 Å². The molecule has 0 radical (unpaired) electrons. The fraction of sp³-hybridized carbons (Fsp3) is 0.467. The van der Waals surface area contributed by atoms with E-state index in [0.717, 1.165) is 34.5 Å². The molecule has 2 saturated heterocycles. The van der Waals surface area contributed by atoms with Crippen LogP contribution in [0.4, 0.5) is 0 Å². The number of carbonyl (C=O) groups is 1. The van der Waals surface area contributed by atoms with Crippen molar-refractivity contribution in [2.75, 3.05) is 19.6 Å². The van der Waals surface area contributed by atoms with Crippen molar-refractivity contribution in [3.63, 3.8) is 0 Å². The molecule has 0 aliphatic carbocycles. The minimum Gasteiger partial charge on any atom is -0.348 e. The molecule has 1 aromatic carbocycles. The van der Waals surface area contributed by atoms with Crippen LogP contribution in [0, 0.1) is 5.92 Å². The van der Waals surface area contributed by atoms with Gasteiger partial charge in [-0.15, -0.1) is 0 Å². The Kier molecular flexibility index (Phi) is 2.97. The van der Waals surface area contributed by atoms with Crippen LogP contribution in [0.2, 0.25) is 0 Å². The minimum absolute atomic E-state index is 0.0489. The lowest BCUT2D eigenvalue weighted by Crippen LogP contribution is -2.46. The summed E-state index contributed by atoms with van der Waals surface area (Å²) >= 11 is 1.44. The van der Waals surface area contributed by atoms with Crippen LogP contribution in [0.15, 0.2) is 24.4 Å². The van der Waals surface area contributed by atoms with E-state index >= 15 is 0 Å². The molecule has 104 valence electrons. The zero-order valence-corrected chi connectivity index (χ0v) is 12.0. The van der Waals surface area contributed by atoms with Crippen LogP contribution in [0.25, 0.3) is 10.1 Å². The molecule has 2 aromatic rings. The topological polar surface area (TPSA) is 45.2 Å². The highest BCUT2D eigenvalue weighted by atomic mass is 32.1. The van der Waals surface area contributed by atoms with E-state index < -0.39 is 0 Å². The van der Waals surface area contributed by atoms with Crippen LogP contribution in [0.5, 0.6) is 0 Å². The lowest BCUT2D eigenvalue weighted by molar-refractivity contribution is 0.0909. The number of nitrogens with one attached hydrogen (secondary N) is 1. The van der Waals surface area contributed by atoms with Gasteiger partial charge in [-0.2, -0.15) is 4.37 Å². The Bertz CT molecular complexity index is 641. The van der Waals surface area contributed by atoms with Crippen molar-refractivity contribution >= 4 is 27.5 Å². The lowest BCUT2D eigenvalue weighted by atomic mass is 9.96. The standard InChI is InChI=1S/C15H17N3OS/c19-15(11-1-2-12-7-16-20-14(12)6-11)17-13-5-10-3-4-18(8-10)9-13/h1-2,6-7,10,13H,3-5,8-9H2,(H,17,19)/t10-,13-/m1/s1. The second-order valence-corrected chi connectivity index (χ2v) is 6.73. The largest absolute Gasteiger partial charge is 0.348 e. The number of nitrogens with zero attached hydrogens (tertiary/aromatic N) is 2. The van der Waals surface area contributed by atoms with Crippen LogP contribution in [-0.2, 0) is 0 Å². The third-order valence-corrected chi connectivity index (χ3v) is 5.18. The quantitative estimate of drug-likeness (QED) is 0.920. The maximum absolute atomic E-state index is 12.4. The zero-order chi connectivity index (χ0) is 13.5. The monoisotopic (exact) mass is 287 g/mol. The molecule has 2 bridgehead atoms. The molecule has 1 unspecified atom stereocenters. The van der Waals surface area contributed by atoms with Gasteiger partial charge >= 0.3 is 0 Å². The summed E-state index contributed by atoms with van der Waals surface area (Å²) in [5, 5.41) is 4.30. The smallest absolute Gasteiger partial charge is 0.251 e. The Balaban J connectivity index is 1.49. The van der Waals surface area contributed by atoms with Crippen molar-refractivity contribution in [1.29, 1.82) is 0 Å². The average molecular weight is 287 g/mol. The van der Waals surface area contributed by atoms with E-state index in [-0.39, 0.29) is 5.91 Å². The number of rotatable bonds is 2. The first kappa shape index (κ1) is 12.3. The summed E-state index contributed by atoms with van der Waals surface area (Å²) in [5.41, 5.74) is 0.745. The van der Waals surface area contributed by atoms with Crippen molar-refractivity contribution in [3.8, 4) is 0 Å². The van der Waals surface area contributed by atoms with Crippen molar-refractivity contribution in [3.05, 3.63) is 30.0 Å². The van der Waals surface area contributed by atoms with E-state index in [2.05, 4.69) is 14.6 Å². The lowest BCUT2D eigenvalue weighted by Gasteiger charge is -2.30. The normalized spacial score (nSPS) is 28.7. The third-order valence-electron chi connectivity index (χ3n) is 4.42. The number of hydrogen-bond acceptors (Lipinski definition) is 4. The zero-order valence-electron chi connectivity index (χ0n) is 11.2. The van der Waals surface area contributed by atoms with Crippen molar-refractivity contribution in [1.82, 2.24) is 14.6 Å². The summed E-state index contributed by atoms with van der Waals surface area (Å²) in [4.78, 5) is 14.8. The van der Waals surface area contributed by atoms with E-state index in [4.69, 9.17) is 0 Å². The fourth-order valence-electron chi connectivity index (χ4n) is 3.43. The second kappa shape index (κ2) is 4.82. The molecule has 0 saturated carbocycles. The summed E-state index contributed by atoms with van der Waals surface area (Å²) in [6, 6.07) is 6.12. The molecule has 4 nitrogen and oxygen atoms in total. The van der Waals surface area contributed by atoms with Gasteiger partial charge in [-0.1, -0.05) is 6.07 Å². The van der Waals surface area contributed by atoms with E-state index in [1.54, 1.807) is 0 Å². The van der Waals surface area contributed by atoms with Crippen molar-refractivity contribution < 1.29 is 4.79 Å². The molecule has 3 atom stereocenters. The van der Waals surface area contributed by atoms with E-state index in [1.165, 1.54) is 31.0 Å². The van der Waals surface area contributed by atoms with Crippen LogP contribution in [-0.4, -0.2) is 40.9 Å².